The van der Waals surface area contributed by atoms with Gasteiger partial charge in [0.1, 0.15) is 0 Å². The zero-order valence-electron chi connectivity index (χ0n) is 20.1. The monoisotopic (exact) mass is 457 g/mol. The van der Waals surface area contributed by atoms with Crippen molar-refractivity contribution in [1.29, 1.82) is 0 Å². The Hall–Kier alpha value is -0.950. The molecule has 0 aliphatic heterocycles. The van der Waals surface area contributed by atoms with Crippen LogP contribution in [0, 0.1) is 0 Å². The van der Waals surface area contributed by atoms with Crippen molar-refractivity contribution in [3.05, 3.63) is 35.4 Å². The molecule has 0 aromatic heterocycles. The molecule has 4 N–H and O–H groups in total. The van der Waals surface area contributed by atoms with E-state index in [-0.39, 0.29) is 5.54 Å². The van der Waals surface area contributed by atoms with Crippen LogP contribution in [0.2, 0.25) is 0 Å². The average Bonchev–Trinajstić information content (AvgIpc) is 2.66. The van der Waals surface area contributed by atoms with Gasteiger partial charge in [-0.1, -0.05) is 115 Å². The van der Waals surface area contributed by atoms with Crippen molar-refractivity contribution in [3.8, 4) is 0 Å². The highest BCUT2D eigenvalue weighted by Crippen LogP contribution is 2.23. The molecule has 0 atom stereocenters. The zero-order chi connectivity index (χ0) is 23.6. The van der Waals surface area contributed by atoms with Crippen LogP contribution in [0.15, 0.2) is 24.3 Å². The Bertz CT molecular complexity index is 646. The van der Waals surface area contributed by atoms with E-state index in [1.165, 1.54) is 107 Å². The van der Waals surface area contributed by atoms with Crippen LogP contribution in [0.3, 0.4) is 0 Å². The van der Waals surface area contributed by atoms with Gasteiger partial charge in [0.2, 0.25) is 0 Å². The second kappa shape index (κ2) is 17.6. The maximum atomic E-state index is 8.74. The van der Waals surface area contributed by atoms with Gasteiger partial charge in [0.25, 0.3) is 0 Å². The molecule has 182 valence electrons. The first kappa shape index (κ1) is 30.0. The van der Waals surface area contributed by atoms with E-state index in [1.807, 2.05) is 0 Å². The molecule has 0 unspecified atom stereocenters. The van der Waals surface area contributed by atoms with Crippen molar-refractivity contribution in [2.24, 2.45) is 5.73 Å². The van der Waals surface area contributed by atoms with Gasteiger partial charge in [0, 0.05) is 5.54 Å². The van der Waals surface area contributed by atoms with Crippen molar-refractivity contribution in [2.45, 2.75) is 123 Å². The Morgan fingerprint density at radius 2 is 1.10 bits per heavy atom. The van der Waals surface area contributed by atoms with E-state index in [9.17, 15) is 0 Å². The van der Waals surface area contributed by atoms with Crippen molar-refractivity contribution in [2.75, 3.05) is 0 Å². The molecular weight excluding hydrogens is 410 g/mol. The van der Waals surface area contributed by atoms with Crippen LogP contribution in [-0.4, -0.2) is 17.5 Å². The summed E-state index contributed by atoms with van der Waals surface area (Å²) in [5, 5.41) is 0. The van der Waals surface area contributed by atoms with Gasteiger partial charge in [-0.25, -0.2) is 0 Å². The molecule has 0 aliphatic rings. The quantitative estimate of drug-likeness (QED) is 0.179. The summed E-state index contributed by atoms with van der Waals surface area (Å²) in [7, 11) is -4.67. The smallest absolute Gasteiger partial charge is 0.322 e. The standard InChI is InChI=1S/C25H45N.H2O4S/c1-4-5-6-7-8-9-10-11-12-13-14-15-16-17-20-23-21-18-19-22-24(23)25(2,3)26;1-5(2,3)4/h18-19,21-22H,4-17,20,26H2,1-3H3;(H2,1,2,3,4). The molecule has 0 saturated carbocycles. The third-order valence-corrected chi connectivity index (χ3v) is 5.51. The Morgan fingerprint density at radius 3 is 1.48 bits per heavy atom. The second-order valence-electron chi connectivity index (χ2n) is 9.17. The van der Waals surface area contributed by atoms with Gasteiger partial charge in [-0.3, -0.25) is 9.11 Å². The fraction of sp³-hybridized carbons (Fsp3) is 0.760. The van der Waals surface area contributed by atoms with Crippen LogP contribution in [0.4, 0.5) is 0 Å². The molecule has 0 aliphatic carbocycles. The molecule has 1 aromatic carbocycles. The third-order valence-electron chi connectivity index (χ3n) is 5.51. The van der Waals surface area contributed by atoms with Crippen LogP contribution in [-0.2, 0) is 22.4 Å². The molecule has 0 fully saturated rings. The van der Waals surface area contributed by atoms with E-state index < -0.39 is 10.4 Å². The highest BCUT2D eigenvalue weighted by atomic mass is 32.3. The number of unbranched alkanes of at least 4 members (excludes halogenated alkanes) is 13. The predicted octanol–water partition coefficient (Wildman–Crippen LogP) is 7.25. The highest BCUT2D eigenvalue weighted by molar-refractivity contribution is 7.79. The van der Waals surface area contributed by atoms with E-state index in [4.69, 9.17) is 23.3 Å². The Labute approximate surface area is 191 Å². The fourth-order valence-corrected chi connectivity index (χ4v) is 3.88. The van der Waals surface area contributed by atoms with Gasteiger partial charge in [-0.15, -0.1) is 0 Å². The van der Waals surface area contributed by atoms with E-state index in [0.717, 1.165) is 0 Å². The summed E-state index contributed by atoms with van der Waals surface area (Å²) in [5.74, 6) is 0. The number of rotatable bonds is 16. The molecule has 6 heteroatoms. The minimum atomic E-state index is -4.67. The molecule has 1 rings (SSSR count). The second-order valence-corrected chi connectivity index (χ2v) is 10.1. The first-order valence-corrected chi connectivity index (χ1v) is 13.5. The van der Waals surface area contributed by atoms with Crippen LogP contribution in [0.1, 0.15) is 122 Å². The lowest BCUT2D eigenvalue weighted by Crippen LogP contribution is -2.30. The average molecular weight is 458 g/mol. The molecule has 1 aromatic rings. The molecule has 0 heterocycles. The van der Waals surface area contributed by atoms with Crippen LogP contribution in [0.25, 0.3) is 0 Å². The molecule has 5 nitrogen and oxygen atoms in total. The van der Waals surface area contributed by atoms with E-state index in [1.54, 1.807) is 0 Å². The van der Waals surface area contributed by atoms with Gasteiger partial charge >= 0.3 is 10.4 Å². The minimum Gasteiger partial charge on any atom is -0.322 e. The van der Waals surface area contributed by atoms with Crippen LogP contribution < -0.4 is 5.73 Å². The van der Waals surface area contributed by atoms with Crippen LogP contribution >= 0.6 is 0 Å². The fourth-order valence-electron chi connectivity index (χ4n) is 3.88. The molecule has 0 amide bonds. The van der Waals surface area contributed by atoms with Crippen molar-refractivity contribution >= 4 is 10.4 Å². The number of hydrogen-bond acceptors (Lipinski definition) is 3. The lowest BCUT2D eigenvalue weighted by atomic mass is 9.89. The number of hydrogen-bond donors (Lipinski definition) is 3. The highest BCUT2D eigenvalue weighted by Gasteiger charge is 2.17. The summed E-state index contributed by atoms with van der Waals surface area (Å²) in [6.45, 7) is 6.51. The maximum absolute atomic E-state index is 8.74. The summed E-state index contributed by atoms with van der Waals surface area (Å²) < 4.78 is 31.6. The summed E-state index contributed by atoms with van der Waals surface area (Å²) >= 11 is 0. The van der Waals surface area contributed by atoms with E-state index in [0.29, 0.717) is 0 Å². The van der Waals surface area contributed by atoms with Crippen LogP contribution in [0.5, 0.6) is 0 Å². The van der Waals surface area contributed by atoms with Crippen molar-refractivity contribution in [3.63, 3.8) is 0 Å². The Kier molecular flexibility index (Phi) is 17.0. The Balaban J connectivity index is 0.00000161. The predicted molar refractivity (Wildman–Crippen MR) is 132 cm³/mol. The zero-order valence-corrected chi connectivity index (χ0v) is 20.9. The van der Waals surface area contributed by atoms with Crippen molar-refractivity contribution < 1.29 is 17.5 Å². The molecule has 0 spiro atoms. The molecular formula is C25H47NO4S. The van der Waals surface area contributed by atoms with Gasteiger partial charge in [-0.2, -0.15) is 8.42 Å². The normalized spacial score (nSPS) is 11.8. The topological polar surface area (TPSA) is 101 Å². The third kappa shape index (κ3) is 20.7. The summed E-state index contributed by atoms with van der Waals surface area (Å²) in [6.07, 6.45) is 21.0. The van der Waals surface area contributed by atoms with E-state index >= 15 is 0 Å². The summed E-state index contributed by atoms with van der Waals surface area (Å²) in [6, 6.07) is 8.71. The SMILES string of the molecule is CCCCCCCCCCCCCCCCc1ccccc1C(C)(C)N.O=S(=O)(O)O. The van der Waals surface area contributed by atoms with Gasteiger partial charge < -0.3 is 5.73 Å². The first-order chi connectivity index (χ1) is 14.6. The largest absolute Gasteiger partial charge is 0.394 e. The van der Waals surface area contributed by atoms with Gasteiger partial charge in [0.15, 0.2) is 0 Å². The molecule has 31 heavy (non-hydrogen) atoms. The summed E-state index contributed by atoms with van der Waals surface area (Å²) in [4.78, 5) is 0. The lowest BCUT2D eigenvalue weighted by Gasteiger charge is -2.23. The first-order valence-electron chi connectivity index (χ1n) is 12.1. The van der Waals surface area contributed by atoms with Crippen molar-refractivity contribution in [1.82, 2.24) is 0 Å². The number of benzene rings is 1. The lowest BCUT2D eigenvalue weighted by molar-refractivity contribution is 0.381. The molecule has 0 bridgehead atoms. The molecule has 0 radical (unpaired) electrons. The minimum absolute atomic E-state index is 0.230. The van der Waals surface area contributed by atoms with E-state index in [2.05, 4.69) is 45.0 Å². The van der Waals surface area contributed by atoms with Gasteiger partial charge in [-0.05, 0) is 37.8 Å². The maximum Gasteiger partial charge on any atom is 0.394 e. The molecule has 0 saturated heterocycles. The number of aryl methyl sites for hydroxylation is 1. The number of nitrogens with two attached hydrogens (primary N) is 1. The Morgan fingerprint density at radius 1 is 0.742 bits per heavy atom. The summed E-state index contributed by atoms with van der Waals surface area (Å²) in [5.41, 5.74) is 8.84. The van der Waals surface area contributed by atoms with Gasteiger partial charge in [0.05, 0.1) is 0 Å².